The Kier molecular flexibility index (Phi) is 2.40. The fourth-order valence-corrected chi connectivity index (χ4v) is 2.34. The molecule has 13 heavy (non-hydrogen) atoms. The van der Waals surface area contributed by atoms with E-state index in [1.807, 2.05) is 30.3 Å². The van der Waals surface area contributed by atoms with E-state index in [0.717, 1.165) is 11.3 Å². The van der Waals surface area contributed by atoms with E-state index in [1.54, 1.807) is 0 Å². The zero-order valence-corrected chi connectivity index (χ0v) is 8.38. The first kappa shape index (κ1) is 8.82. The highest BCUT2D eigenvalue weighted by atomic mass is 32.2. The smallest absolute Gasteiger partial charge is 0.197 e. The van der Waals surface area contributed by atoms with Gasteiger partial charge in [0.1, 0.15) is 0 Å². The molecule has 0 aliphatic heterocycles. The van der Waals surface area contributed by atoms with Crippen molar-refractivity contribution in [3.05, 3.63) is 30.3 Å². The molecule has 1 fully saturated rings. The molecule has 0 saturated heterocycles. The van der Waals surface area contributed by atoms with Crippen molar-refractivity contribution in [2.24, 2.45) is 11.8 Å². The first-order valence-corrected chi connectivity index (χ1v) is 5.36. The van der Waals surface area contributed by atoms with Crippen LogP contribution in [0, 0.1) is 11.8 Å². The summed E-state index contributed by atoms with van der Waals surface area (Å²) in [6.45, 7) is 2.13. The van der Waals surface area contributed by atoms with Crippen LogP contribution in [0.4, 0.5) is 0 Å². The number of hydrogen-bond donors (Lipinski definition) is 0. The van der Waals surface area contributed by atoms with Crippen LogP contribution in [-0.2, 0) is 4.79 Å². The quantitative estimate of drug-likeness (QED) is 0.670. The predicted molar refractivity (Wildman–Crippen MR) is 54.6 cm³/mol. The first-order valence-electron chi connectivity index (χ1n) is 4.54. The molecule has 1 aliphatic rings. The van der Waals surface area contributed by atoms with Gasteiger partial charge in [0.25, 0.3) is 0 Å². The van der Waals surface area contributed by atoms with Crippen molar-refractivity contribution in [2.75, 3.05) is 0 Å². The molecule has 1 unspecified atom stereocenters. The molecule has 1 aliphatic carbocycles. The van der Waals surface area contributed by atoms with Crippen LogP contribution in [0.15, 0.2) is 35.2 Å². The van der Waals surface area contributed by atoms with Crippen LogP contribution in [0.25, 0.3) is 0 Å². The molecular weight excluding hydrogens is 180 g/mol. The Labute approximate surface area is 82.5 Å². The molecule has 2 rings (SSSR count). The second kappa shape index (κ2) is 3.54. The number of benzene rings is 1. The van der Waals surface area contributed by atoms with E-state index in [2.05, 4.69) is 6.92 Å². The zero-order chi connectivity index (χ0) is 9.26. The normalized spacial score (nSPS) is 25.6. The lowest BCUT2D eigenvalue weighted by molar-refractivity contribution is -0.112. The second-order valence-electron chi connectivity index (χ2n) is 3.55. The Morgan fingerprint density at radius 1 is 1.38 bits per heavy atom. The van der Waals surface area contributed by atoms with Gasteiger partial charge in [0.15, 0.2) is 5.12 Å². The fraction of sp³-hybridized carbons (Fsp3) is 0.364. The average molecular weight is 192 g/mol. The maximum atomic E-state index is 11.5. The molecule has 1 saturated carbocycles. The van der Waals surface area contributed by atoms with E-state index in [4.69, 9.17) is 0 Å². The number of carbonyl (C=O) groups is 1. The van der Waals surface area contributed by atoms with Gasteiger partial charge in [0.2, 0.25) is 0 Å². The molecule has 1 aromatic carbocycles. The summed E-state index contributed by atoms with van der Waals surface area (Å²) in [5.41, 5.74) is 0. The molecule has 0 N–H and O–H groups in total. The van der Waals surface area contributed by atoms with Gasteiger partial charge >= 0.3 is 0 Å². The lowest BCUT2D eigenvalue weighted by Crippen LogP contribution is -1.94. The van der Waals surface area contributed by atoms with Crippen molar-refractivity contribution in [3.8, 4) is 0 Å². The molecular formula is C11H12OS. The van der Waals surface area contributed by atoms with Gasteiger partial charge in [0.05, 0.1) is 0 Å². The number of thioether (sulfide) groups is 1. The van der Waals surface area contributed by atoms with E-state index >= 15 is 0 Å². The molecule has 0 amide bonds. The first-order chi connectivity index (χ1) is 6.27. The van der Waals surface area contributed by atoms with Crippen LogP contribution < -0.4 is 0 Å². The molecule has 1 aromatic rings. The van der Waals surface area contributed by atoms with Crippen molar-refractivity contribution in [3.63, 3.8) is 0 Å². The minimum Gasteiger partial charge on any atom is -0.287 e. The number of rotatable bonds is 2. The van der Waals surface area contributed by atoms with Gasteiger partial charge in [0, 0.05) is 10.8 Å². The third-order valence-electron chi connectivity index (χ3n) is 2.37. The summed E-state index contributed by atoms with van der Waals surface area (Å²) >= 11 is 1.38. The SMILES string of the molecule is C[C@@H]1CC1C(=O)Sc1ccccc1. The molecule has 0 bridgehead atoms. The Morgan fingerprint density at radius 2 is 2.00 bits per heavy atom. The fourth-order valence-electron chi connectivity index (χ4n) is 1.33. The molecule has 2 atom stereocenters. The number of hydrogen-bond acceptors (Lipinski definition) is 2. The van der Waals surface area contributed by atoms with Gasteiger partial charge in [-0.1, -0.05) is 36.9 Å². The van der Waals surface area contributed by atoms with E-state index in [1.165, 1.54) is 11.8 Å². The van der Waals surface area contributed by atoms with Crippen LogP contribution in [0.3, 0.4) is 0 Å². The van der Waals surface area contributed by atoms with Gasteiger partial charge in [-0.05, 0) is 24.5 Å². The van der Waals surface area contributed by atoms with Crippen LogP contribution in [-0.4, -0.2) is 5.12 Å². The van der Waals surface area contributed by atoms with E-state index in [0.29, 0.717) is 17.0 Å². The third-order valence-corrected chi connectivity index (χ3v) is 3.39. The van der Waals surface area contributed by atoms with Crippen molar-refractivity contribution >= 4 is 16.9 Å². The minimum absolute atomic E-state index is 0.324. The summed E-state index contributed by atoms with van der Waals surface area (Å²) in [7, 11) is 0. The second-order valence-corrected chi connectivity index (χ2v) is 4.63. The molecule has 0 spiro atoms. The van der Waals surface area contributed by atoms with Gasteiger partial charge in [-0.2, -0.15) is 0 Å². The van der Waals surface area contributed by atoms with Gasteiger partial charge in [-0.25, -0.2) is 0 Å². The largest absolute Gasteiger partial charge is 0.287 e. The van der Waals surface area contributed by atoms with E-state index < -0.39 is 0 Å². The predicted octanol–water partition coefficient (Wildman–Crippen LogP) is 2.96. The Balaban J connectivity index is 1.95. The maximum absolute atomic E-state index is 11.5. The summed E-state index contributed by atoms with van der Waals surface area (Å²) < 4.78 is 0. The summed E-state index contributed by atoms with van der Waals surface area (Å²) in [6.07, 6.45) is 1.08. The Morgan fingerprint density at radius 3 is 2.54 bits per heavy atom. The molecule has 2 heteroatoms. The third kappa shape index (κ3) is 2.13. The Bertz CT molecular complexity index is 307. The van der Waals surface area contributed by atoms with Crippen LogP contribution in [0.2, 0.25) is 0 Å². The summed E-state index contributed by atoms with van der Waals surface area (Å²) in [5.74, 6) is 0.939. The van der Waals surface area contributed by atoms with Gasteiger partial charge < -0.3 is 0 Å². The highest BCUT2D eigenvalue weighted by Crippen LogP contribution is 2.42. The van der Waals surface area contributed by atoms with Gasteiger partial charge in [-0.15, -0.1) is 0 Å². The topological polar surface area (TPSA) is 17.1 Å². The Hall–Kier alpha value is -0.760. The molecule has 0 radical (unpaired) electrons. The zero-order valence-electron chi connectivity index (χ0n) is 7.57. The average Bonchev–Trinajstić information content (AvgIpc) is 2.84. The van der Waals surface area contributed by atoms with Crippen molar-refractivity contribution < 1.29 is 4.79 Å². The standard InChI is InChI=1S/C11H12OS/c1-8-7-10(8)11(12)13-9-5-3-2-4-6-9/h2-6,8,10H,7H2,1H3/t8-,10?/m1/s1. The van der Waals surface area contributed by atoms with Crippen molar-refractivity contribution in [1.82, 2.24) is 0 Å². The monoisotopic (exact) mass is 192 g/mol. The minimum atomic E-state index is 0.324. The maximum Gasteiger partial charge on any atom is 0.197 e. The lowest BCUT2D eigenvalue weighted by Gasteiger charge is -1.97. The molecule has 68 valence electrons. The van der Waals surface area contributed by atoms with Gasteiger partial charge in [-0.3, -0.25) is 4.79 Å². The lowest BCUT2D eigenvalue weighted by atomic mass is 10.4. The molecule has 0 aromatic heterocycles. The van der Waals surface area contributed by atoms with Crippen LogP contribution >= 0.6 is 11.8 Å². The van der Waals surface area contributed by atoms with Crippen molar-refractivity contribution in [1.29, 1.82) is 0 Å². The summed E-state index contributed by atoms with van der Waals surface area (Å²) in [4.78, 5) is 12.6. The van der Waals surface area contributed by atoms with Crippen molar-refractivity contribution in [2.45, 2.75) is 18.2 Å². The molecule has 1 nitrogen and oxygen atoms in total. The van der Waals surface area contributed by atoms with Crippen LogP contribution in [0.1, 0.15) is 13.3 Å². The summed E-state index contributed by atoms with van der Waals surface area (Å²) in [5, 5.41) is 0.332. The highest BCUT2D eigenvalue weighted by molar-refractivity contribution is 8.13. The highest BCUT2D eigenvalue weighted by Gasteiger charge is 2.39. The van der Waals surface area contributed by atoms with E-state index in [-0.39, 0.29) is 0 Å². The van der Waals surface area contributed by atoms with E-state index in [9.17, 15) is 4.79 Å². The van der Waals surface area contributed by atoms with Crippen LogP contribution in [0.5, 0.6) is 0 Å². The molecule has 0 heterocycles. The number of carbonyl (C=O) groups excluding carboxylic acids is 1. The summed E-state index contributed by atoms with van der Waals surface area (Å²) in [6, 6.07) is 9.86.